The molecule has 0 aliphatic rings. The SMILES string of the molecule is CCc1cc(-c2ccc3c(N)n[nH]c3c2)cc(C(C)C)c1. The van der Waals surface area contributed by atoms with Crippen LogP contribution < -0.4 is 5.73 Å². The van der Waals surface area contributed by atoms with Crippen LogP contribution in [0, 0.1) is 0 Å². The van der Waals surface area contributed by atoms with E-state index in [4.69, 9.17) is 5.73 Å². The van der Waals surface area contributed by atoms with E-state index in [1.165, 1.54) is 22.3 Å². The smallest absolute Gasteiger partial charge is 0.153 e. The van der Waals surface area contributed by atoms with Crippen LogP contribution in [-0.2, 0) is 6.42 Å². The largest absolute Gasteiger partial charge is 0.382 e. The molecule has 0 unspecified atom stereocenters. The second kappa shape index (κ2) is 5.24. The van der Waals surface area contributed by atoms with Crippen molar-refractivity contribution in [1.82, 2.24) is 10.2 Å². The number of fused-ring (bicyclic) bond motifs is 1. The topological polar surface area (TPSA) is 54.7 Å². The zero-order valence-electron chi connectivity index (χ0n) is 12.8. The molecule has 0 saturated carbocycles. The van der Waals surface area contributed by atoms with Crippen molar-refractivity contribution in [2.45, 2.75) is 33.1 Å². The van der Waals surface area contributed by atoms with E-state index in [9.17, 15) is 0 Å². The molecule has 0 aliphatic carbocycles. The van der Waals surface area contributed by atoms with Gasteiger partial charge in [0.1, 0.15) is 0 Å². The Balaban J connectivity index is 2.14. The summed E-state index contributed by atoms with van der Waals surface area (Å²) >= 11 is 0. The number of nitrogens with two attached hydrogens (primary N) is 1. The van der Waals surface area contributed by atoms with Crippen molar-refractivity contribution in [3.63, 3.8) is 0 Å². The third-order valence-electron chi connectivity index (χ3n) is 4.02. The Bertz CT molecular complexity index is 784. The number of aromatic amines is 1. The Morgan fingerprint density at radius 1 is 1.10 bits per heavy atom. The van der Waals surface area contributed by atoms with E-state index in [0.717, 1.165) is 17.3 Å². The first-order chi connectivity index (χ1) is 10.1. The summed E-state index contributed by atoms with van der Waals surface area (Å²) < 4.78 is 0. The standard InChI is InChI=1S/C18H21N3/c1-4-12-7-14(11(2)3)9-15(8-12)13-5-6-16-17(10-13)20-21-18(16)19/h5-11H,4H2,1-3H3,(H3,19,20,21). The Labute approximate surface area is 125 Å². The molecule has 3 aromatic rings. The van der Waals surface area contributed by atoms with E-state index in [0.29, 0.717) is 11.7 Å². The fourth-order valence-corrected chi connectivity index (χ4v) is 2.64. The van der Waals surface area contributed by atoms with Gasteiger partial charge in [0, 0.05) is 5.39 Å². The van der Waals surface area contributed by atoms with Crippen molar-refractivity contribution >= 4 is 16.7 Å². The molecule has 1 heterocycles. The second-order valence-electron chi connectivity index (χ2n) is 5.84. The highest BCUT2D eigenvalue weighted by Gasteiger charge is 2.08. The number of hydrogen-bond acceptors (Lipinski definition) is 2. The summed E-state index contributed by atoms with van der Waals surface area (Å²) in [7, 11) is 0. The molecule has 108 valence electrons. The van der Waals surface area contributed by atoms with Gasteiger partial charge >= 0.3 is 0 Å². The Morgan fingerprint density at radius 3 is 2.62 bits per heavy atom. The number of benzene rings is 2. The summed E-state index contributed by atoms with van der Waals surface area (Å²) in [5, 5.41) is 8.03. The van der Waals surface area contributed by atoms with E-state index in [1.54, 1.807) is 0 Å². The summed E-state index contributed by atoms with van der Waals surface area (Å²) in [4.78, 5) is 0. The van der Waals surface area contributed by atoms with Gasteiger partial charge in [0.15, 0.2) is 5.82 Å². The van der Waals surface area contributed by atoms with Gasteiger partial charge < -0.3 is 5.73 Å². The van der Waals surface area contributed by atoms with Crippen LogP contribution in [0.25, 0.3) is 22.0 Å². The van der Waals surface area contributed by atoms with Gasteiger partial charge in [-0.3, -0.25) is 5.10 Å². The van der Waals surface area contributed by atoms with E-state index in [1.807, 2.05) is 6.07 Å². The van der Waals surface area contributed by atoms with Crippen LogP contribution >= 0.6 is 0 Å². The average molecular weight is 279 g/mol. The van der Waals surface area contributed by atoms with E-state index in [-0.39, 0.29) is 0 Å². The van der Waals surface area contributed by atoms with Crippen molar-refractivity contribution in [3.05, 3.63) is 47.5 Å². The van der Waals surface area contributed by atoms with Gasteiger partial charge in [-0.2, -0.15) is 5.10 Å². The molecule has 0 saturated heterocycles. The van der Waals surface area contributed by atoms with Gasteiger partial charge in [0.25, 0.3) is 0 Å². The molecule has 21 heavy (non-hydrogen) atoms. The average Bonchev–Trinajstić information content (AvgIpc) is 2.87. The molecule has 0 spiro atoms. The normalized spacial score (nSPS) is 11.4. The fraction of sp³-hybridized carbons (Fsp3) is 0.278. The summed E-state index contributed by atoms with van der Waals surface area (Å²) in [5.41, 5.74) is 12.0. The summed E-state index contributed by atoms with van der Waals surface area (Å²) in [6.07, 6.45) is 1.05. The maximum Gasteiger partial charge on any atom is 0.153 e. The first-order valence-corrected chi connectivity index (χ1v) is 7.46. The highest BCUT2D eigenvalue weighted by molar-refractivity contribution is 5.91. The van der Waals surface area contributed by atoms with Gasteiger partial charge in [0.2, 0.25) is 0 Å². The second-order valence-corrected chi connectivity index (χ2v) is 5.84. The number of aryl methyl sites for hydroxylation is 1. The van der Waals surface area contributed by atoms with Crippen LogP contribution in [0.15, 0.2) is 36.4 Å². The van der Waals surface area contributed by atoms with Crippen LogP contribution in [0.5, 0.6) is 0 Å². The Hall–Kier alpha value is -2.29. The number of nitrogen functional groups attached to an aromatic ring is 1. The third kappa shape index (κ3) is 2.51. The van der Waals surface area contributed by atoms with Crippen molar-refractivity contribution in [1.29, 1.82) is 0 Å². The maximum absolute atomic E-state index is 5.83. The first-order valence-electron chi connectivity index (χ1n) is 7.46. The van der Waals surface area contributed by atoms with Crippen LogP contribution in [-0.4, -0.2) is 10.2 Å². The Kier molecular flexibility index (Phi) is 3.42. The zero-order chi connectivity index (χ0) is 15.0. The number of nitrogens with zero attached hydrogens (tertiary/aromatic N) is 1. The molecule has 0 radical (unpaired) electrons. The first kappa shape index (κ1) is 13.7. The monoisotopic (exact) mass is 279 g/mol. The van der Waals surface area contributed by atoms with E-state index in [2.05, 4.69) is 61.3 Å². The molecular weight excluding hydrogens is 258 g/mol. The predicted molar refractivity (Wildman–Crippen MR) is 89.4 cm³/mol. The van der Waals surface area contributed by atoms with Crippen molar-refractivity contribution in [2.75, 3.05) is 5.73 Å². The highest BCUT2D eigenvalue weighted by Crippen LogP contribution is 2.29. The number of nitrogens with one attached hydrogen (secondary N) is 1. The molecule has 3 N–H and O–H groups in total. The maximum atomic E-state index is 5.83. The molecule has 0 amide bonds. The van der Waals surface area contributed by atoms with Crippen molar-refractivity contribution < 1.29 is 0 Å². The van der Waals surface area contributed by atoms with Gasteiger partial charge in [-0.25, -0.2) is 0 Å². The molecule has 0 atom stereocenters. The lowest BCUT2D eigenvalue weighted by Gasteiger charge is -2.12. The van der Waals surface area contributed by atoms with E-state index >= 15 is 0 Å². The van der Waals surface area contributed by atoms with Gasteiger partial charge in [-0.1, -0.05) is 45.0 Å². The van der Waals surface area contributed by atoms with Crippen molar-refractivity contribution in [2.24, 2.45) is 0 Å². The lowest BCUT2D eigenvalue weighted by molar-refractivity contribution is 0.863. The molecule has 3 rings (SSSR count). The third-order valence-corrected chi connectivity index (χ3v) is 4.02. The molecule has 3 heteroatoms. The van der Waals surface area contributed by atoms with Gasteiger partial charge in [-0.05, 0) is 46.7 Å². The molecule has 0 aliphatic heterocycles. The highest BCUT2D eigenvalue weighted by atomic mass is 15.1. The number of H-pyrrole nitrogens is 1. The molecular formula is C18H21N3. The molecule has 0 bridgehead atoms. The number of hydrogen-bond donors (Lipinski definition) is 2. The molecule has 3 nitrogen and oxygen atoms in total. The zero-order valence-corrected chi connectivity index (χ0v) is 12.8. The van der Waals surface area contributed by atoms with Crippen molar-refractivity contribution in [3.8, 4) is 11.1 Å². The number of anilines is 1. The molecule has 1 aromatic heterocycles. The van der Waals surface area contributed by atoms with Gasteiger partial charge in [0.05, 0.1) is 5.52 Å². The van der Waals surface area contributed by atoms with Crippen LogP contribution in [0.4, 0.5) is 5.82 Å². The minimum Gasteiger partial charge on any atom is -0.382 e. The van der Waals surface area contributed by atoms with E-state index < -0.39 is 0 Å². The summed E-state index contributed by atoms with van der Waals surface area (Å²) in [6, 6.07) is 13.1. The Morgan fingerprint density at radius 2 is 1.90 bits per heavy atom. The summed E-state index contributed by atoms with van der Waals surface area (Å²) in [5.74, 6) is 1.09. The molecule has 0 fully saturated rings. The van der Waals surface area contributed by atoms with Crippen LogP contribution in [0.2, 0.25) is 0 Å². The quantitative estimate of drug-likeness (QED) is 0.741. The fourth-order valence-electron chi connectivity index (χ4n) is 2.64. The number of aromatic nitrogens is 2. The predicted octanol–water partition coefficient (Wildman–Crippen LogP) is 4.50. The van der Waals surface area contributed by atoms with Crippen LogP contribution in [0.3, 0.4) is 0 Å². The minimum absolute atomic E-state index is 0.529. The minimum atomic E-state index is 0.529. The lowest BCUT2D eigenvalue weighted by Crippen LogP contribution is -1.92. The van der Waals surface area contributed by atoms with Crippen LogP contribution in [0.1, 0.15) is 37.8 Å². The lowest BCUT2D eigenvalue weighted by atomic mass is 9.93. The van der Waals surface area contributed by atoms with Gasteiger partial charge in [-0.15, -0.1) is 0 Å². The summed E-state index contributed by atoms with van der Waals surface area (Å²) in [6.45, 7) is 6.66. The number of rotatable bonds is 3. The molecule has 2 aromatic carbocycles.